The molecule has 0 radical (unpaired) electrons. The second-order valence-electron chi connectivity index (χ2n) is 3.12. The maximum Gasteiger partial charge on any atom is 0.0621 e. The lowest BCUT2D eigenvalue weighted by Crippen LogP contribution is -1.95. The van der Waals surface area contributed by atoms with Gasteiger partial charge in [0.25, 0.3) is 0 Å². The molecule has 0 fully saturated rings. The molecule has 0 aliphatic heterocycles. The second-order valence-corrected chi connectivity index (χ2v) is 4.28. The Bertz CT molecular complexity index is 314. The monoisotopic (exact) mass is 285 g/mol. The molecular weight excluding hydrogens is 273 g/mol. The van der Waals surface area contributed by atoms with Gasteiger partial charge in [-0.2, -0.15) is 5.26 Å². The predicted molar refractivity (Wildman–Crippen MR) is 62.4 cm³/mol. The highest BCUT2D eigenvalue weighted by Crippen LogP contribution is 2.24. The number of nitrogens with zero attached hydrogens (tertiary/aromatic N) is 1. The summed E-state index contributed by atoms with van der Waals surface area (Å²) in [5, 5.41) is 8.48. The van der Waals surface area contributed by atoms with Gasteiger partial charge in [-0.1, -0.05) is 25.1 Å². The van der Waals surface area contributed by atoms with Gasteiger partial charge in [0.15, 0.2) is 0 Å². The zero-order valence-electron chi connectivity index (χ0n) is 7.63. The van der Waals surface area contributed by atoms with Crippen LogP contribution >= 0.6 is 22.6 Å². The lowest BCUT2D eigenvalue weighted by Gasteiger charge is -2.11. The van der Waals surface area contributed by atoms with Gasteiger partial charge in [-0.25, -0.2) is 0 Å². The number of hydrogen-bond acceptors (Lipinski definition) is 1. The van der Waals surface area contributed by atoms with Gasteiger partial charge in [-0.3, -0.25) is 0 Å². The molecule has 1 rings (SSSR count). The first-order chi connectivity index (χ1) is 6.25. The number of halogens is 1. The summed E-state index contributed by atoms with van der Waals surface area (Å²) in [5.74, 6) is 0.493. The van der Waals surface area contributed by atoms with Crippen LogP contribution in [0.25, 0.3) is 0 Å². The van der Waals surface area contributed by atoms with Crippen LogP contribution in [0.5, 0.6) is 0 Å². The molecule has 0 amide bonds. The largest absolute Gasteiger partial charge is 0.198 e. The van der Waals surface area contributed by atoms with Crippen LogP contribution in [0.2, 0.25) is 0 Å². The normalized spacial score (nSPS) is 12.1. The van der Waals surface area contributed by atoms with Gasteiger partial charge in [0.1, 0.15) is 0 Å². The molecule has 1 atom stereocenters. The zero-order chi connectivity index (χ0) is 9.68. The van der Waals surface area contributed by atoms with E-state index in [1.165, 1.54) is 9.13 Å². The van der Waals surface area contributed by atoms with E-state index in [9.17, 15) is 0 Å². The number of benzene rings is 1. The summed E-state index contributed by atoms with van der Waals surface area (Å²) in [5.41, 5.74) is 1.36. The van der Waals surface area contributed by atoms with Crippen molar-refractivity contribution in [2.45, 2.75) is 25.7 Å². The van der Waals surface area contributed by atoms with Crippen LogP contribution in [0.4, 0.5) is 0 Å². The molecule has 1 nitrogen and oxygen atoms in total. The molecule has 0 aromatic heterocycles. The third-order valence-electron chi connectivity index (χ3n) is 2.13. The summed E-state index contributed by atoms with van der Waals surface area (Å²) in [4.78, 5) is 0. The average Bonchev–Trinajstić information content (AvgIpc) is 2.15. The van der Waals surface area contributed by atoms with E-state index in [0.717, 1.165) is 6.42 Å². The second kappa shape index (κ2) is 5.23. The Morgan fingerprint density at radius 2 is 2.15 bits per heavy atom. The topological polar surface area (TPSA) is 23.8 Å². The van der Waals surface area contributed by atoms with E-state index >= 15 is 0 Å². The molecule has 1 unspecified atom stereocenters. The predicted octanol–water partition coefficient (Wildman–Crippen LogP) is 3.70. The Morgan fingerprint density at radius 1 is 1.46 bits per heavy atom. The summed E-state index contributed by atoms with van der Waals surface area (Å²) < 4.78 is 1.30. The molecular formula is C11H12IN. The van der Waals surface area contributed by atoms with E-state index in [1.54, 1.807) is 0 Å². The van der Waals surface area contributed by atoms with Crippen molar-refractivity contribution < 1.29 is 0 Å². The number of hydrogen-bond donors (Lipinski definition) is 0. The molecule has 0 spiro atoms. The van der Waals surface area contributed by atoms with E-state index < -0.39 is 0 Å². The van der Waals surface area contributed by atoms with Crippen molar-refractivity contribution >= 4 is 22.6 Å². The van der Waals surface area contributed by atoms with E-state index in [2.05, 4.69) is 53.8 Å². The van der Waals surface area contributed by atoms with E-state index in [4.69, 9.17) is 5.26 Å². The van der Waals surface area contributed by atoms with Crippen LogP contribution in [0.1, 0.15) is 31.2 Å². The fraction of sp³-hybridized carbons (Fsp3) is 0.364. The maximum atomic E-state index is 8.48. The Balaban J connectivity index is 2.72. The van der Waals surface area contributed by atoms with Crippen molar-refractivity contribution in [1.82, 2.24) is 0 Å². The molecule has 2 heteroatoms. The first-order valence-electron chi connectivity index (χ1n) is 4.37. The van der Waals surface area contributed by atoms with Crippen LogP contribution in [-0.2, 0) is 0 Å². The fourth-order valence-electron chi connectivity index (χ4n) is 1.31. The van der Waals surface area contributed by atoms with Gasteiger partial charge < -0.3 is 0 Å². The minimum Gasteiger partial charge on any atom is -0.198 e. The molecule has 0 N–H and O–H groups in total. The average molecular weight is 285 g/mol. The minimum absolute atomic E-state index is 0.493. The van der Waals surface area contributed by atoms with E-state index in [0.29, 0.717) is 12.3 Å². The maximum absolute atomic E-state index is 8.48. The van der Waals surface area contributed by atoms with Crippen molar-refractivity contribution in [3.05, 3.63) is 33.4 Å². The number of nitriles is 1. The van der Waals surface area contributed by atoms with Crippen molar-refractivity contribution in [1.29, 1.82) is 5.26 Å². The third-order valence-corrected chi connectivity index (χ3v) is 3.11. The smallest absolute Gasteiger partial charge is 0.0621 e. The van der Waals surface area contributed by atoms with Crippen molar-refractivity contribution in [2.24, 2.45) is 0 Å². The fourth-order valence-corrected chi connectivity index (χ4v) is 2.23. The molecule has 0 aliphatic rings. The Hall–Kier alpha value is -0.560. The third kappa shape index (κ3) is 3.00. The highest BCUT2D eigenvalue weighted by Gasteiger charge is 2.07. The van der Waals surface area contributed by atoms with Gasteiger partial charge in [0.05, 0.1) is 6.07 Å². The first-order valence-corrected chi connectivity index (χ1v) is 5.45. The van der Waals surface area contributed by atoms with Crippen molar-refractivity contribution in [3.8, 4) is 6.07 Å². The van der Waals surface area contributed by atoms with Crippen molar-refractivity contribution in [2.75, 3.05) is 0 Å². The summed E-state index contributed by atoms with van der Waals surface area (Å²) >= 11 is 2.34. The Kier molecular flexibility index (Phi) is 4.23. The first kappa shape index (κ1) is 10.5. The van der Waals surface area contributed by atoms with Gasteiger partial charge in [-0.15, -0.1) is 0 Å². The van der Waals surface area contributed by atoms with Crippen molar-refractivity contribution in [3.63, 3.8) is 0 Å². The molecule has 1 aromatic rings. The van der Waals surface area contributed by atoms with E-state index in [1.807, 2.05) is 6.07 Å². The minimum atomic E-state index is 0.493. The SMILES string of the molecule is CC(CCC#N)c1ccccc1I. The van der Waals surface area contributed by atoms with Crippen LogP contribution < -0.4 is 0 Å². The molecule has 68 valence electrons. The molecule has 13 heavy (non-hydrogen) atoms. The molecule has 0 aliphatic carbocycles. The van der Waals surface area contributed by atoms with Crippen LogP contribution in [0, 0.1) is 14.9 Å². The van der Waals surface area contributed by atoms with Crippen LogP contribution in [-0.4, -0.2) is 0 Å². The summed E-state index contributed by atoms with van der Waals surface area (Å²) in [7, 11) is 0. The summed E-state index contributed by atoms with van der Waals surface area (Å²) in [6, 6.07) is 10.5. The lowest BCUT2D eigenvalue weighted by molar-refractivity contribution is 0.692. The van der Waals surface area contributed by atoms with Gasteiger partial charge in [-0.05, 0) is 46.6 Å². The molecule has 0 heterocycles. The van der Waals surface area contributed by atoms with Crippen LogP contribution in [0.15, 0.2) is 24.3 Å². The van der Waals surface area contributed by atoms with Gasteiger partial charge in [0.2, 0.25) is 0 Å². The molecule has 1 aromatic carbocycles. The molecule has 0 bridgehead atoms. The van der Waals surface area contributed by atoms with Gasteiger partial charge >= 0.3 is 0 Å². The summed E-state index contributed by atoms with van der Waals surface area (Å²) in [6.45, 7) is 2.18. The quantitative estimate of drug-likeness (QED) is 0.777. The Morgan fingerprint density at radius 3 is 2.77 bits per heavy atom. The van der Waals surface area contributed by atoms with E-state index in [-0.39, 0.29) is 0 Å². The summed E-state index contributed by atoms with van der Waals surface area (Å²) in [6.07, 6.45) is 1.60. The Labute approximate surface area is 92.9 Å². The highest BCUT2D eigenvalue weighted by molar-refractivity contribution is 14.1. The number of rotatable bonds is 3. The van der Waals surface area contributed by atoms with Crippen LogP contribution in [0.3, 0.4) is 0 Å². The van der Waals surface area contributed by atoms with Gasteiger partial charge in [0, 0.05) is 9.99 Å². The lowest BCUT2D eigenvalue weighted by atomic mass is 9.97. The zero-order valence-corrected chi connectivity index (χ0v) is 9.78. The molecule has 0 saturated carbocycles. The highest BCUT2D eigenvalue weighted by atomic mass is 127. The molecule has 0 saturated heterocycles. The standard InChI is InChI=1S/C11H12IN/c1-9(5-4-8-13)10-6-2-3-7-11(10)12/h2-3,6-7,9H,4-5H2,1H3.